The molecule has 0 aromatic carbocycles. The van der Waals surface area contributed by atoms with Crippen molar-refractivity contribution in [1.82, 2.24) is 35.1 Å². The predicted octanol–water partition coefficient (Wildman–Crippen LogP) is 7.69. The molecule has 0 aliphatic rings. The number of hydrogen-bond donors (Lipinski definition) is 3. The molecule has 0 aliphatic heterocycles. The molecule has 194 valence electrons. The number of thiophene rings is 1. The van der Waals surface area contributed by atoms with Crippen LogP contribution in [-0.4, -0.2) is 35.1 Å². The number of aromatic amines is 2. The predicted molar refractivity (Wildman–Crippen MR) is 160 cm³/mol. The highest BCUT2D eigenvalue weighted by atomic mass is 32.1. The van der Waals surface area contributed by atoms with Gasteiger partial charge >= 0.3 is 0 Å². The lowest BCUT2D eigenvalue weighted by molar-refractivity contribution is 0.509. The Morgan fingerprint density at radius 2 is 1.74 bits per heavy atom. The van der Waals surface area contributed by atoms with Gasteiger partial charge in [0.1, 0.15) is 11.0 Å². The zero-order valence-electron chi connectivity index (χ0n) is 22.3. The molecule has 9 heteroatoms. The van der Waals surface area contributed by atoms with Gasteiger partial charge in [-0.1, -0.05) is 33.9 Å². The van der Waals surface area contributed by atoms with Crippen LogP contribution in [0.2, 0.25) is 0 Å². The zero-order chi connectivity index (χ0) is 27.3. The van der Waals surface area contributed by atoms with Gasteiger partial charge in [0.05, 0.1) is 34.8 Å². The Morgan fingerprint density at radius 3 is 2.51 bits per heavy atom. The number of H-pyrrole nitrogens is 2. The summed E-state index contributed by atoms with van der Waals surface area (Å²) in [6.45, 7) is 16.6. The van der Waals surface area contributed by atoms with Crippen LogP contribution >= 0.6 is 11.3 Å². The number of fused-ring (bicyclic) bond motifs is 2. The van der Waals surface area contributed by atoms with Crippen molar-refractivity contribution in [2.45, 2.75) is 27.7 Å². The lowest BCUT2D eigenvalue weighted by Gasteiger charge is -2.23. The van der Waals surface area contributed by atoms with Gasteiger partial charge < -0.3 is 10.3 Å². The number of nitrogens with zero attached hydrogens (tertiary/aromatic N) is 5. The Labute approximate surface area is 230 Å². The normalized spacial score (nSPS) is 11.8. The Balaban J connectivity index is 1.39. The minimum atomic E-state index is -0.0722. The highest BCUT2D eigenvalue weighted by molar-refractivity contribution is 7.16. The maximum Gasteiger partial charge on any atom is 0.161 e. The van der Waals surface area contributed by atoms with Crippen molar-refractivity contribution in [3.63, 3.8) is 0 Å². The molecule has 0 aliphatic carbocycles. The van der Waals surface area contributed by atoms with Crippen LogP contribution in [0.25, 0.3) is 60.9 Å². The van der Waals surface area contributed by atoms with Crippen LogP contribution in [0.1, 0.15) is 32.6 Å². The standard InChI is InChI=1S/C30H28N8S/c1-16(2)24-9-10-25(39-24)20-14-32-15-23-26(20)36-29(35-23)28-27-22(37-38-28)8-7-21(34-27)18-11-19(13-31-12-18)33-17(3)30(4,5)6/h7-15,33H,1,3H2,2,4-6H3,(H,35,36)(H,37,38). The first-order valence-electron chi connectivity index (χ1n) is 12.5. The highest BCUT2D eigenvalue weighted by Crippen LogP contribution is 2.36. The maximum absolute atomic E-state index is 4.96. The molecule has 0 atom stereocenters. The molecule has 0 unspecified atom stereocenters. The second kappa shape index (κ2) is 9.28. The third kappa shape index (κ3) is 4.61. The van der Waals surface area contributed by atoms with E-state index in [2.05, 4.69) is 76.5 Å². The summed E-state index contributed by atoms with van der Waals surface area (Å²) < 4.78 is 0. The fourth-order valence-corrected chi connectivity index (χ4v) is 5.12. The lowest BCUT2D eigenvalue weighted by atomic mass is 9.93. The molecule has 0 amide bonds. The lowest BCUT2D eigenvalue weighted by Crippen LogP contribution is -2.15. The largest absolute Gasteiger partial charge is 0.358 e. The minimum absolute atomic E-state index is 0.0722. The van der Waals surface area contributed by atoms with E-state index in [1.807, 2.05) is 31.3 Å². The van der Waals surface area contributed by atoms with Gasteiger partial charge in [0.2, 0.25) is 0 Å². The molecular formula is C30H28N8S. The summed E-state index contributed by atoms with van der Waals surface area (Å²) in [5.74, 6) is 0.627. The summed E-state index contributed by atoms with van der Waals surface area (Å²) in [4.78, 5) is 24.4. The van der Waals surface area contributed by atoms with Gasteiger partial charge in [-0.2, -0.15) is 5.10 Å². The van der Waals surface area contributed by atoms with Crippen LogP contribution in [-0.2, 0) is 0 Å². The van der Waals surface area contributed by atoms with Gasteiger partial charge in [-0.15, -0.1) is 11.3 Å². The monoisotopic (exact) mass is 532 g/mol. The molecule has 6 aromatic rings. The van der Waals surface area contributed by atoms with Gasteiger partial charge in [-0.05, 0) is 42.8 Å². The second-order valence-electron chi connectivity index (χ2n) is 10.6. The number of pyridine rings is 3. The van der Waals surface area contributed by atoms with Crippen molar-refractivity contribution in [3.05, 3.63) is 78.9 Å². The van der Waals surface area contributed by atoms with E-state index in [1.165, 1.54) is 0 Å². The fourth-order valence-electron chi connectivity index (χ4n) is 4.17. The van der Waals surface area contributed by atoms with Crippen LogP contribution in [0, 0.1) is 5.41 Å². The third-order valence-corrected chi connectivity index (χ3v) is 7.83. The Bertz CT molecular complexity index is 1880. The molecule has 0 fully saturated rings. The first-order chi connectivity index (χ1) is 18.7. The molecule has 39 heavy (non-hydrogen) atoms. The van der Waals surface area contributed by atoms with Crippen molar-refractivity contribution in [3.8, 4) is 33.2 Å². The maximum atomic E-state index is 4.96. The average molecular weight is 533 g/mol. The van der Waals surface area contributed by atoms with Crippen molar-refractivity contribution in [1.29, 1.82) is 0 Å². The number of rotatable bonds is 6. The van der Waals surface area contributed by atoms with Gasteiger partial charge in [0, 0.05) is 44.4 Å². The molecule has 0 bridgehead atoms. The molecule has 0 spiro atoms. The minimum Gasteiger partial charge on any atom is -0.358 e. The Hall–Kier alpha value is -4.63. The van der Waals surface area contributed by atoms with Gasteiger partial charge in [-0.25, -0.2) is 9.97 Å². The second-order valence-corrected chi connectivity index (χ2v) is 11.7. The van der Waals surface area contributed by atoms with E-state index in [1.54, 1.807) is 29.9 Å². The van der Waals surface area contributed by atoms with Gasteiger partial charge in [-0.3, -0.25) is 15.1 Å². The summed E-state index contributed by atoms with van der Waals surface area (Å²) in [6, 6.07) is 10.1. The molecule has 8 nitrogen and oxygen atoms in total. The molecule has 0 radical (unpaired) electrons. The number of imidazole rings is 1. The van der Waals surface area contributed by atoms with Crippen LogP contribution in [0.5, 0.6) is 0 Å². The van der Waals surface area contributed by atoms with Gasteiger partial charge in [0.15, 0.2) is 11.5 Å². The summed E-state index contributed by atoms with van der Waals surface area (Å²) in [5.41, 5.74) is 9.24. The fraction of sp³-hybridized carbons (Fsp3) is 0.167. The van der Waals surface area contributed by atoms with Crippen LogP contribution in [0.15, 0.2) is 74.0 Å². The number of aromatic nitrogens is 7. The van der Waals surface area contributed by atoms with E-state index in [9.17, 15) is 0 Å². The first kappa shape index (κ1) is 24.7. The number of allylic oxidation sites excluding steroid dienone is 2. The van der Waals surface area contributed by atoms with E-state index in [4.69, 9.17) is 9.97 Å². The molecule has 0 saturated carbocycles. The number of nitrogens with one attached hydrogen (secondary N) is 3. The van der Waals surface area contributed by atoms with Crippen molar-refractivity contribution in [2.75, 3.05) is 5.32 Å². The molecule has 0 saturated heterocycles. The van der Waals surface area contributed by atoms with E-state index in [-0.39, 0.29) is 5.41 Å². The quantitative estimate of drug-likeness (QED) is 0.203. The summed E-state index contributed by atoms with van der Waals surface area (Å²) >= 11 is 1.68. The Morgan fingerprint density at radius 1 is 0.923 bits per heavy atom. The molecule has 6 rings (SSSR count). The molecule has 6 heterocycles. The summed E-state index contributed by atoms with van der Waals surface area (Å²) in [7, 11) is 0. The number of anilines is 1. The Kier molecular flexibility index (Phi) is 5.88. The van der Waals surface area contributed by atoms with Crippen LogP contribution in [0.4, 0.5) is 5.69 Å². The van der Waals surface area contributed by atoms with Crippen LogP contribution in [0.3, 0.4) is 0 Å². The van der Waals surface area contributed by atoms with E-state index >= 15 is 0 Å². The highest BCUT2D eigenvalue weighted by Gasteiger charge is 2.19. The van der Waals surface area contributed by atoms with Crippen LogP contribution < -0.4 is 5.32 Å². The smallest absolute Gasteiger partial charge is 0.161 e. The van der Waals surface area contributed by atoms with Crippen molar-refractivity contribution >= 4 is 44.7 Å². The third-order valence-electron chi connectivity index (χ3n) is 6.55. The molecular weight excluding hydrogens is 504 g/mol. The average Bonchev–Trinajstić information content (AvgIpc) is 3.65. The van der Waals surface area contributed by atoms with E-state index < -0.39 is 0 Å². The zero-order valence-corrected chi connectivity index (χ0v) is 23.1. The summed E-state index contributed by atoms with van der Waals surface area (Å²) in [5, 5.41) is 11.0. The molecule has 3 N–H and O–H groups in total. The summed E-state index contributed by atoms with van der Waals surface area (Å²) in [6.07, 6.45) is 7.22. The topological polar surface area (TPSA) is 108 Å². The number of hydrogen-bond acceptors (Lipinski definition) is 7. The SMILES string of the molecule is C=C(C)c1ccc(-c2cncc3[nH]c(-c4n[nH]c5ccc(-c6cncc(NC(=C)C(C)(C)C)c6)nc45)nc23)s1. The van der Waals surface area contributed by atoms with E-state index in [0.717, 1.165) is 65.6 Å². The van der Waals surface area contributed by atoms with E-state index in [0.29, 0.717) is 11.5 Å². The van der Waals surface area contributed by atoms with Crippen molar-refractivity contribution in [2.24, 2.45) is 5.41 Å². The first-order valence-corrected chi connectivity index (χ1v) is 13.4. The molecule has 6 aromatic heterocycles. The van der Waals surface area contributed by atoms with Gasteiger partial charge in [0.25, 0.3) is 0 Å². The van der Waals surface area contributed by atoms with Crippen molar-refractivity contribution < 1.29 is 0 Å².